The van der Waals surface area contributed by atoms with Crippen molar-refractivity contribution in [3.63, 3.8) is 0 Å². The highest BCUT2D eigenvalue weighted by Gasteiger charge is 2.37. The van der Waals surface area contributed by atoms with Gasteiger partial charge in [0, 0.05) is 11.0 Å². The molecule has 1 heterocycles. The third kappa shape index (κ3) is 2.44. The van der Waals surface area contributed by atoms with Crippen molar-refractivity contribution in [2.75, 3.05) is 18.0 Å². The number of hydrogen-bond donors (Lipinski definition) is 1. The van der Waals surface area contributed by atoms with Crippen LogP contribution in [0.15, 0.2) is 35.3 Å². The maximum atomic E-state index is 11.9. The van der Waals surface area contributed by atoms with Crippen LogP contribution in [0.3, 0.4) is 0 Å². The number of rotatable bonds is 4. The smallest absolute Gasteiger partial charge is 0.299 e. The number of nitrogens with zero attached hydrogens (tertiary/aromatic N) is 1. The van der Waals surface area contributed by atoms with Gasteiger partial charge in [-0.1, -0.05) is 12.1 Å². The molecule has 0 aliphatic carbocycles. The average molecular weight is 323 g/mol. The lowest BCUT2D eigenvalue weighted by Gasteiger charge is -2.16. The Kier molecular flexibility index (Phi) is 3.80. The highest BCUT2D eigenvalue weighted by Crippen LogP contribution is 2.35. The minimum Gasteiger partial charge on any atom is -0.351 e. The number of halogens is 1. The summed E-state index contributed by atoms with van der Waals surface area (Å²) < 4.78 is 0.612. The van der Waals surface area contributed by atoms with E-state index in [2.05, 4.69) is 27.8 Å². The minimum atomic E-state index is -0.685. The Morgan fingerprint density at radius 1 is 1.42 bits per heavy atom. The zero-order chi connectivity index (χ0) is 14.0. The van der Waals surface area contributed by atoms with E-state index in [0.717, 1.165) is 0 Å². The first kappa shape index (κ1) is 13.5. The SMILES string of the molecule is C=CCNC(=O)CN1C(=O)C(=O)c2cccc(Br)c21. The highest BCUT2D eigenvalue weighted by molar-refractivity contribution is 9.10. The molecule has 0 saturated carbocycles. The van der Waals surface area contributed by atoms with Crippen LogP contribution >= 0.6 is 15.9 Å². The first-order valence-electron chi connectivity index (χ1n) is 5.58. The quantitative estimate of drug-likeness (QED) is 0.670. The van der Waals surface area contributed by atoms with Gasteiger partial charge in [-0.3, -0.25) is 19.3 Å². The molecule has 1 aromatic rings. The number of para-hydroxylation sites is 1. The van der Waals surface area contributed by atoms with E-state index >= 15 is 0 Å². The van der Waals surface area contributed by atoms with Gasteiger partial charge in [-0.25, -0.2) is 0 Å². The predicted octanol–water partition coefficient (Wildman–Crippen LogP) is 1.28. The molecule has 1 N–H and O–H groups in total. The van der Waals surface area contributed by atoms with Gasteiger partial charge in [0.15, 0.2) is 0 Å². The summed E-state index contributed by atoms with van der Waals surface area (Å²) in [6.07, 6.45) is 1.54. The molecule has 1 aromatic carbocycles. The third-order valence-electron chi connectivity index (χ3n) is 2.69. The van der Waals surface area contributed by atoms with Crippen LogP contribution < -0.4 is 10.2 Å². The zero-order valence-corrected chi connectivity index (χ0v) is 11.6. The van der Waals surface area contributed by atoms with Gasteiger partial charge in [0.2, 0.25) is 5.91 Å². The Balaban J connectivity index is 2.28. The van der Waals surface area contributed by atoms with Crippen molar-refractivity contribution < 1.29 is 14.4 Å². The molecule has 0 aromatic heterocycles. The molecule has 5 nitrogen and oxygen atoms in total. The second-order valence-electron chi connectivity index (χ2n) is 3.95. The average Bonchev–Trinajstić information content (AvgIpc) is 2.63. The van der Waals surface area contributed by atoms with E-state index in [9.17, 15) is 14.4 Å². The molecule has 0 fully saturated rings. The van der Waals surface area contributed by atoms with E-state index < -0.39 is 11.7 Å². The predicted molar refractivity (Wildman–Crippen MR) is 74.0 cm³/mol. The molecule has 1 aliphatic rings. The summed E-state index contributed by atoms with van der Waals surface area (Å²) in [5, 5.41) is 2.57. The minimum absolute atomic E-state index is 0.186. The van der Waals surface area contributed by atoms with Gasteiger partial charge in [0.1, 0.15) is 6.54 Å². The lowest BCUT2D eigenvalue weighted by atomic mass is 10.1. The van der Waals surface area contributed by atoms with Crippen molar-refractivity contribution >= 4 is 39.2 Å². The van der Waals surface area contributed by atoms with Gasteiger partial charge < -0.3 is 5.32 Å². The summed E-state index contributed by atoms with van der Waals surface area (Å²) in [4.78, 5) is 36.5. The normalized spacial score (nSPS) is 13.4. The molecule has 0 atom stereocenters. The number of anilines is 1. The molecular formula is C13H11BrN2O3. The molecule has 0 unspecified atom stereocenters. The first-order valence-corrected chi connectivity index (χ1v) is 6.38. The van der Waals surface area contributed by atoms with E-state index in [1.54, 1.807) is 24.3 Å². The van der Waals surface area contributed by atoms with Crippen molar-refractivity contribution in [1.29, 1.82) is 0 Å². The van der Waals surface area contributed by atoms with Gasteiger partial charge >= 0.3 is 0 Å². The number of nitrogens with one attached hydrogen (secondary N) is 1. The van der Waals surface area contributed by atoms with Crippen LogP contribution in [-0.2, 0) is 9.59 Å². The Morgan fingerprint density at radius 3 is 2.84 bits per heavy atom. The lowest BCUT2D eigenvalue weighted by Crippen LogP contribution is -2.40. The van der Waals surface area contributed by atoms with Crippen LogP contribution in [0, 0.1) is 0 Å². The Bertz CT molecular complexity index is 583. The summed E-state index contributed by atoms with van der Waals surface area (Å²) in [6, 6.07) is 4.97. The Labute approximate surface area is 118 Å². The van der Waals surface area contributed by atoms with E-state index in [-0.39, 0.29) is 12.5 Å². The molecular weight excluding hydrogens is 312 g/mol. The fourth-order valence-electron chi connectivity index (χ4n) is 1.85. The standard InChI is InChI=1S/C13H11BrN2O3/c1-2-6-15-10(17)7-16-11-8(12(18)13(16)19)4-3-5-9(11)14/h2-5H,1,6-7H2,(H,15,17). The van der Waals surface area contributed by atoms with E-state index in [0.29, 0.717) is 22.3 Å². The third-order valence-corrected chi connectivity index (χ3v) is 3.33. The molecule has 0 bridgehead atoms. The molecule has 0 spiro atoms. The van der Waals surface area contributed by atoms with Crippen LogP contribution in [-0.4, -0.2) is 30.7 Å². The molecule has 1 aliphatic heterocycles. The maximum absolute atomic E-state index is 11.9. The fourth-order valence-corrected chi connectivity index (χ4v) is 2.43. The first-order chi connectivity index (χ1) is 9.06. The van der Waals surface area contributed by atoms with E-state index in [4.69, 9.17) is 0 Å². The number of hydrogen-bond acceptors (Lipinski definition) is 3. The number of Topliss-reactive ketones (excluding diaryl/α,β-unsaturated/α-hetero) is 1. The van der Waals surface area contributed by atoms with Crippen LogP contribution in [0.2, 0.25) is 0 Å². The van der Waals surface area contributed by atoms with Crippen molar-refractivity contribution in [2.24, 2.45) is 0 Å². The monoisotopic (exact) mass is 322 g/mol. The molecule has 0 radical (unpaired) electrons. The van der Waals surface area contributed by atoms with Crippen molar-refractivity contribution in [3.8, 4) is 0 Å². The highest BCUT2D eigenvalue weighted by atomic mass is 79.9. The maximum Gasteiger partial charge on any atom is 0.299 e. The van der Waals surface area contributed by atoms with E-state index in [1.165, 1.54) is 4.90 Å². The summed E-state index contributed by atoms with van der Waals surface area (Å²) in [7, 11) is 0. The number of fused-ring (bicyclic) bond motifs is 1. The molecule has 2 amide bonds. The number of amides is 2. The van der Waals surface area contributed by atoms with Crippen molar-refractivity contribution in [2.45, 2.75) is 0 Å². The van der Waals surface area contributed by atoms with Gasteiger partial charge in [-0.2, -0.15) is 0 Å². The van der Waals surface area contributed by atoms with Crippen LogP contribution in [0.4, 0.5) is 5.69 Å². The van der Waals surface area contributed by atoms with Crippen molar-refractivity contribution in [3.05, 3.63) is 40.9 Å². The summed E-state index contributed by atoms with van der Waals surface area (Å²) in [6.45, 7) is 3.62. The Morgan fingerprint density at radius 2 is 2.16 bits per heavy atom. The van der Waals surface area contributed by atoms with Gasteiger partial charge in [-0.15, -0.1) is 6.58 Å². The van der Waals surface area contributed by atoms with Crippen molar-refractivity contribution in [1.82, 2.24) is 5.32 Å². The summed E-state index contributed by atoms with van der Waals surface area (Å²) in [5.41, 5.74) is 0.766. The largest absolute Gasteiger partial charge is 0.351 e. The van der Waals surface area contributed by atoms with Crippen LogP contribution in [0.5, 0.6) is 0 Å². The second-order valence-corrected chi connectivity index (χ2v) is 4.80. The lowest BCUT2D eigenvalue weighted by molar-refractivity contribution is -0.122. The number of ketones is 1. The topological polar surface area (TPSA) is 66.5 Å². The second kappa shape index (κ2) is 5.36. The number of carbonyl (C=O) groups is 3. The number of benzene rings is 1. The van der Waals surface area contributed by atoms with E-state index in [1.807, 2.05) is 0 Å². The summed E-state index contributed by atoms with van der Waals surface area (Å²) in [5.74, 6) is -1.62. The fraction of sp³-hybridized carbons (Fsp3) is 0.154. The van der Waals surface area contributed by atoms with Crippen LogP contribution in [0.1, 0.15) is 10.4 Å². The molecule has 6 heteroatoms. The Hall–Kier alpha value is -1.95. The molecule has 98 valence electrons. The summed E-state index contributed by atoms with van der Waals surface area (Å²) >= 11 is 3.29. The van der Waals surface area contributed by atoms with Gasteiger partial charge in [-0.05, 0) is 28.1 Å². The van der Waals surface area contributed by atoms with Crippen LogP contribution in [0.25, 0.3) is 0 Å². The molecule has 19 heavy (non-hydrogen) atoms. The van der Waals surface area contributed by atoms with Gasteiger partial charge in [0.05, 0.1) is 11.3 Å². The zero-order valence-electron chi connectivity index (χ0n) is 9.98. The molecule has 0 saturated heterocycles. The molecule has 2 rings (SSSR count). The van der Waals surface area contributed by atoms with Gasteiger partial charge in [0.25, 0.3) is 11.7 Å². The number of carbonyl (C=O) groups excluding carboxylic acids is 3.